The molecule has 0 saturated carbocycles. The smallest absolute Gasteiger partial charge is 0.248 e. The van der Waals surface area contributed by atoms with Crippen LogP contribution in [0.5, 0.6) is 0 Å². The molecule has 1 saturated heterocycles. The summed E-state index contributed by atoms with van der Waals surface area (Å²) >= 11 is 3.21. The van der Waals surface area contributed by atoms with Crippen LogP contribution >= 0.6 is 28.3 Å². The number of benzene rings is 1. The van der Waals surface area contributed by atoms with Gasteiger partial charge in [-0.2, -0.15) is 4.31 Å². The van der Waals surface area contributed by atoms with Crippen LogP contribution in [0.3, 0.4) is 0 Å². The van der Waals surface area contributed by atoms with E-state index in [4.69, 9.17) is 5.73 Å². The van der Waals surface area contributed by atoms with Gasteiger partial charge < -0.3 is 11.1 Å². The summed E-state index contributed by atoms with van der Waals surface area (Å²) in [5.74, 6) is -0.656. The third-order valence-electron chi connectivity index (χ3n) is 3.13. The van der Waals surface area contributed by atoms with Crippen LogP contribution in [0.1, 0.15) is 17.3 Å². The number of sulfonamides is 1. The number of carbonyl (C=O) groups is 1. The minimum atomic E-state index is -3.62. The molecule has 0 unspecified atom stereocenters. The molecule has 0 aromatic heterocycles. The molecule has 21 heavy (non-hydrogen) atoms. The Labute approximate surface area is 138 Å². The summed E-state index contributed by atoms with van der Waals surface area (Å²) in [6.45, 7) is 3.35. The fourth-order valence-electron chi connectivity index (χ4n) is 2.12. The van der Waals surface area contributed by atoms with Gasteiger partial charge in [0.2, 0.25) is 15.9 Å². The van der Waals surface area contributed by atoms with Crippen molar-refractivity contribution in [1.82, 2.24) is 9.62 Å². The molecule has 9 heteroatoms. The van der Waals surface area contributed by atoms with Gasteiger partial charge in [0.1, 0.15) is 0 Å². The Morgan fingerprint density at radius 3 is 2.67 bits per heavy atom. The summed E-state index contributed by atoms with van der Waals surface area (Å²) in [5.41, 5.74) is 5.38. The average molecular weight is 399 g/mol. The number of nitrogens with two attached hydrogens (primary N) is 1. The van der Waals surface area contributed by atoms with Crippen LogP contribution in [-0.4, -0.2) is 44.3 Å². The number of hydrogen-bond donors (Lipinski definition) is 2. The molecule has 1 amide bonds. The van der Waals surface area contributed by atoms with Crippen LogP contribution in [0, 0.1) is 0 Å². The van der Waals surface area contributed by atoms with E-state index >= 15 is 0 Å². The standard InChI is InChI=1S/C12H16BrN3O3S.ClH/c1-8-7-16(3-2-15-8)20(18,19)11-5-9(12(14)17)4-10(13)6-11;/h4-6,8,15H,2-3,7H2,1H3,(H2,14,17);1H/t8-;/m0./s1. The number of rotatable bonds is 3. The van der Waals surface area contributed by atoms with Crippen molar-refractivity contribution in [3.8, 4) is 0 Å². The first kappa shape index (κ1) is 18.4. The van der Waals surface area contributed by atoms with Crippen LogP contribution in [-0.2, 0) is 10.0 Å². The minimum absolute atomic E-state index is 0. The van der Waals surface area contributed by atoms with Crippen molar-refractivity contribution in [2.45, 2.75) is 17.9 Å². The molecular formula is C12H17BrClN3O3S. The number of piperazine rings is 1. The van der Waals surface area contributed by atoms with Gasteiger partial charge in [-0.05, 0) is 25.1 Å². The second-order valence-electron chi connectivity index (χ2n) is 4.76. The lowest BCUT2D eigenvalue weighted by Gasteiger charge is -2.31. The average Bonchev–Trinajstić information content (AvgIpc) is 2.38. The Bertz CT molecular complexity index is 639. The van der Waals surface area contributed by atoms with Crippen molar-refractivity contribution in [2.24, 2.45) is 5.73 Å². The molecule has 2 rings (SSSR count). The van der Waals surface area contributed by atoms with E-state index in [1.807, 2.05) is 6.92 Å². The maximum absolute atomic E-state index is 12.6. The maximum Gasteiger partial charge on any atom is 0.248 e. The van der Waals surface area contributed by atoms with E-state index in [0.717, 1.165) is 0 Å². The molecule has 1 aromatic carbocycles. The third kappa shape index (κ3) is 4.17. The van der Waals surface area contributed by atoms with Crippen LogP contribution < -0.4 is 11.1 Å². The van der Waals surface area contributed by atoms with Crippen molar-refractivity contribution in [3.63, 3.8) is 0 Å². The summed E-state index contributed by atoms with van der Waals surface area (Å²) in [5, 5.41) is 3.19. The summed E-state index contributed by atoms with van der Waals surface area (Å²) < 4.78 is 27.1. The summed E-state index contributed by atoms with van der Waals surface area (Å²) in [7, 11) is -3.62. The molecular weight excluding hydrogens is 382 g/mol. The van der Waals surface area contributed by atoms with Crippen LogP contribution in [0.4, 0.5) is 0 Å². The van der Waals surface area contributed by atoms with Gasteiger partial charge >= 0.3 is 0 Å². The molecule has 1 aliphatic heterocycles. The summed E-state index contributed by atoms with van der Waals surface area (Å²) in [6, 6.07) is 4.40. The van der Waals surface area contributed by atoms with Gasteiger partial charge in [-0.15, -0.1) is 12.4 Å². The molecule has 3 N–H and O–H groups in total. The zero-order valence-electron chi connectivity index (χ0n) is 11.4. The second-order valence-corrected chi connectivity index (χ2v) is 7.61. The lowest BCUT2D eigenvalue weighted by molar-refractivity contribution is 0.1000. The van der Waals surface area contributed by atoms with E-state index in [2.05, 4.69) is 21.2 Å². The number of amides is 1. The lowest BCUT2D eigenvalue weighted by atomic mass is 10.2. The van der Waals surface area contributed by atoms with Gasteiger partial charge in [-0.3, -0.25) is 4.79 Å². The molecule has 1 aromatic rings. The van der Waals surface area contributed by atoms with Gasteiger partial charge in [0.25, 0.3) is 0 Å². The third-order valence-corrected chi connectivity index (χ3v) is 5.43. The van der Waals surface area contributed by atoms with Gasteiger partial charge in [-0.1, -0.05) is 15.9 Å². The van der Waals surface area contributed by atoms with E-state index < -0.39 is 15.9 Å². The first-order valence-corrected chi connectivity index (χ1v) is 8.38. The summed E-state index contributed by atoms with van der Waals surface area (Å²) in [4.78, 5) is 11.3. The Kier molecular flexibility index (Phi) is 6.18. The van der Waals surface area contributed by atoms with E-state index in [1.165, 1.54) is 22.5 Å². The van der Waals surface area contributed by atoms with E-state index in [0.29, 0.717) is 24.1 Å². The number of primary amides is 1. The number of nitrogens with zero attached hydrogens (tertiary/aromatic N) is 1. The van der Waals surface area contributed by atoms with Gasteiger partial charge in [0.15, 0.2) is 0 Å². The van der Waals surface area contributed by atoms with Gasteiger partial charge in [-0.25, -0.2) is 8.42 Å². The van der Waals surface area contributed by atoms with Crippen LogP contribution in [0.2, 0.25) is 0 Å². The van der Waals surface area contributed by atoms with Crippen molar-refractivity contribution >= 4 is 44.3 Å². The highest BCUT2D eigenvalue weighted by Crippen LogP contribution is 2.23. The Morgan fingerprint density at radius 2 is 2.10 bits per heavy atom. The molecule has 0 spiro atoms. The van der Waals surface area contributed by atoms with Crippen molar-refractivity contribution in [1.29, 1.82) is 0 Å². The number of halogens is 2. The Morgan fingerprint density at radius 1 is 1.43 bits per heavy atom. The van der Waals surface area contributed by atoms with Gasteiger partial charge in [0.05, 0.1) is 4.90 Å². The SMILES string of the molecule is C[C@H]1CN(S(=O)(=O)c2cc(Br)cc(C(N)=O)c2)CCN1.Cl. The highest BCUT2D eigenvalue weighted by molar-refractivity contribution is 9.10. The number of hydrogen-bond acceptors (Lipinski definition) is 4. The number of nitrogens with one attached hydrogen (secondary N) is 1. The zero-order valence-corrected chi connectivity index (χ0v) is 14.6. The van der Waals surface area contributed by atoms with Crippen molar-refractivity contribution < 1.29 is 13.2 Å². The van der Waals surface area contributed by atoms with E-state index in [1.54, 1.807) is 0 Å². The predicted octanol–water partition coefficient (Wildman–Crippen LogP) is 0.952. The highest BCUT2D eigenvalue weighted by atomic mass is 79.9. The molecule has 0 aliphatic carbocycles. The van der Waals surface area contributed by atoms with E-state index in [9.17, 15) is 13.2 Å². The van der Waals surface area contributed by atoms with Crippen molar-refractivity contribution in [3.05, 3.63) is 28.2 Å². The van der Waals surface area contributed by atoms with Crippen molar-refractivity contribution in [2.75, 3.05) is 19.6 Å². The predicted molar refractivity (Wildman–Crippen MR) is 86.1 cm³/mol. The zero-order chi connectivity index (χ0) is 14.9. The molecule has 118 valence electrons. The molecule has 6 nitrogen and oxygen atoms in total. The van der Waals surface area contributed by atoms with Crippen LogP contribution in [0.25, 0.3) is 0 Å². The Hall–Kier alpha value is -0.670. The first-order valence-electron chi connectivity index (χ1n) is 6.14. The van der Waals surface area contributed by atoms with E-state index in [-0.39, 0.29) is 28.9 Å². The Balaban J connectivity index is 0.00000220. The summed E-state index contributed by atoms with van der Waals surface area (Å²) in [6.07, 6.45) is 0. The maximum atomic E-state index is 12.6. The monoisotopic (exact) mass is 397 g/mol. The largest absolute Gasteiger partial charge is 0.366 e. The van der Waals surface area contributed by atoms with Crippen LogP contribution in [0.15, 0.2) is 27.6 Å². The molecule has 0 radical (unpaired) electrons. The highest BCUT2D eigenvalue weighted by Gasteiger charge is 2.29. The topological polar surface area (TPSA) is 92.5 Å². The first-order chi connectivity index (χ1) is 9.30. The fourth-order valence-corrected chi connectivity index (χ4v) is 4.36. The second kappa shape index (κ2) is 7.06. The molecule has 0 bridgehead atoms. The molecule has 1 heterocycles. The molecule has 1 aliphatic rings. The molecule has 1 fully saturated rings. The lowest BCUT2D eigenvalue weighted by Crippen LogP contribution is -2.51. The molecule has 1 atom stereocenters. The minimum Gasteiger partial charge on any atom is -0.366 e. The fraction of sp³-hybridized carbons (Fsp3) is 0.417. The quantitative estimate of drug-likeness (QED) is 0.793. The number of carbonyl (C=O) groups excluding carboxylic acids is 1. The normalized spacial score (nSPS) is 19.8. The van der Waals surface area contributed by atoms with Gasteiger partial charge in [0, 0.05) is 35.7 Å².